The number of nitrogens with zero attached hydrogens (tertiary/aromatic N) is 4. The molecular formula is C30H31N5O2. The lowest BCUT2D eigenvalue weighted by molar-refractivity contribution is -0.136. The normalized spacial score (nSPS) is 19.4. The van der Waals surface area contributed by atoms with Crippen LogP contribution in [0.25, 0.3) is 21.9 Å². The van der Waals surface area contributed by atoms with Crippen LogP contribution in [0.2, 0.25) is 0 Å². The number of amides is 1. The third kappa shape index (κ3) is 3.84. The van der Waals surface area contributed by atoms with Crippen LogP contribution in [0.1, 0.15) is 37.1 Å². The van der Waals surface area contributed by atoms with Crippen LogP contribution in [0, 0.1) is 16.7 Å². The van der Waals surface area contributed by atoms with Crippen molar-refractivity contribution in [2.45, 2.75) is 38.9 Å². The van der Waals surface area contributed by atoms with Gasteiger partial charge in [-0.15, -0.1) is 0 Å². The van der Waals surface area contributed by atoms with Gasteiger partial charge >= 0.3 is 0 Å². The number of rotatable bonds is 3. The summed E-state index contributed by atoms with van der Waals surface area (Å²) < 4.78 is 6.23. The van der Waals surface area contributed by atoms with Gasteiger partial charge in [0.15, 0.2) is 0 Å². The van der Waals surface area contributed by atoms with Gasteiger partial charge in [-0.25, -0.2) is 4.98 Å². The Balaban J connectivity index is 1.51. The number of ether oxygens (including phenoxy) is 1. The molecule has 188 valence electrons. The van der Waals surface area contributed by atoms with E-state index < -0.39 is 0 Å². The second-order valence-corrected chi connectivity index (χ2v) is 11.3. The van der Waals surface area contributed by atoms with E-state index in [9.17, 15) is 10.1 Å². The summed E-state index contributed by atoms with van der Waals surface area (Å²) in [5.74, 6) is 0.706. The molecule has 3 aliphatic rings. The van der Waals surface area contributed by atoms with Gasteiger partial charge in [-0.2, -0.15) is 5.26 Å². The summed E-state index contributed by atoms with van der Waals surface area (Å²) in [4.78, 5) is 21.3. The summed E-state index contributed by atoms with van der Waals surface area (Å²) in [6.07, 6.45) is 3.00. The van der Waals surface area contributed by atoms with Gasteiger partial charge in [0.2, 0.25) is 5.91 Å². The number of benzene rings is 2. The van der Waals surface area contributed by atoms with Crippen LogP contribution in [0.4, 0.5) is 11.5 Å². The lowest BCUT2D eigenvalue weighted by Crippen LogP contribution is -2.59. The molecule has 6 rings (SSSR count). The minimum atomic E-state index is -0.341. The fourth-order valence-corrected chi connectivity index (χ4v) is 6.28. The van der Waals surface area contributed by atoms with E-state index in [2.05, 4.69) is 37.5 Å². The lowest BCUT2D eigenvalue weighted by Gasteiger charge is -2.47. The van der Waals surface area contributed by atoms with E-state index in [1.54, 1.807) is 0 Å². The summed E-state index contributed by atoms with van der Waals surface area (Å²) in [5, 5.41) is 12.6. The van der Waals surface area contributed by atoms with Gasteiger partial charge in [0.1, 0.15) is 17.5 Å². The second-order valence-electron chi connectivity index (χ2n) is 11.3. The Bertz CT molecular complexity index is 1500. The van der Waals surface area contributed by atoms with Crippen LogP contribution in [0.5, 0.6) is 0 Å². The number of carbonyl (C=O) groups is 1. The van der Waals surface area contributed by atoms with Crippen LogP contribution in [-0.4, -0.2) is 47.6 Å². The molecule has 1 amide bonds. The van der Waals surface area contributed by atoms with Crippen molar-refractivity contribution in [2.75, 3.05) is 36.8 Å². The molecule has 2 N–H and O–H groups in total. The summed E-state index contributed by atoms with van der Waals surface area (Å²) >= 11 is 0. The van der Waals surface area contributed by atoms with Crippen LogP contribution in [0.3, 0.4) is 0 Å². The minimum Gasteiger partial charge on any atom is -0.399 e. The average molecular weight is 494 g/mol. The maximum atomic E-state index is 12.1. The Kier molecular flexibility index (Phi) is 5.29. The van der Waals surface area contributed by atoms with Gasteiger partial charge in [-0.3, -0.25) is 4.79 Å². The van der Waals surface area contributed by atoms with E-state index in [0.717, 1.165) is 71.6 Å². The number of hydrogen-bond donors (Lipinski definition) is 1. The molecule has 37 heavy (non-hydrogen) atoms. The molecule has 4 heterocycles. The molecule has 0 bridgehead atoms. The Morgan fingerprint density at radius 2 is 2.03 bits per heavy atom. The third-order valence-corrected chi connectivity index (χ3v) is 8.11. The Hall–Kier alpha value is -3.89. The molecule has 1 aromatic heterocycles. The standard InChI is InChI=1S/C30H31N5O2/c1-4-26(36)35-17-30(18-35)9-10-34(16-30)28-23(14-31)27(24-15-37-29(2,3)13-25(24)33-28)22-12-20(32)11-19-7-5-6-8-21(19)22/h4-8,11-12H,1,9-10,13,15-18,32H2,2-3H3. The summed E-state index contributed by atoms with van der Waals surface area (Å²) in [6, 6.07) is 14.6. The van der Waals surface area contributed by atoms with Crippen molar-refractivity contribution in [3.05, 3.63) is 65.9 Å². The molecule has 0 aliphatic carbocycles. The molecule has 0 unspecified atom stereocenters. The van der Waals surface area contributed by atoms with E-state index in [4.69, 9.17) is 15.5 Å². The number of pyridine rings is 1. The first kappa shape index (κ1) is 23.5. The Morgan fingerprint density at radius 3 is 2.78 bits per heavy atom. The maximum Gasteiger partial charge on any atom is 0.245 e. The first-order chi connectivity index (χ1) is 17.7. The van der Waals surface area contributed by atoms with Crippen LogP contribution >= 0.6 is 0 Å². The summed E-state index contributed by atoms with van der Waals surface area (Å²) in [7, 11) is 0. The minimum absolute atomic E-state index is 0.0215. The monoisotopic (exact) mass is 493 g/mol. The SMILES string of the molecule is C=CC(=O)N1CC2(CCN(c3nc4c(c(-c5cc(N)cc6ccccc56)c3C#N)COC(C)(C)C4)C2)C1. The second kappa shape index (κ2) is 8.32. The highest BCUT2D eigenvalue weighted by molar-refractivity contribution is 6.01. The average Bonchev–Trinajstić information content (AvgIpc) is 3.31. The zero-order valence-corrected chi connectivity index (χ0v) is 21.4. The topological polar surface area (TPSA) is 95.5 Å². The highest BCUT2D eigenvalue weighted by Crippen LogP contribution is 2.46. The number of likely N-dealkylation sites (tertiary alicyclic amines) is 1. The Labute approximate surface area is 217 Å². The molecule has 2 saturated heterocycles. The van der Waals surface area contributed by atoms with Crippen molar-refractivity contribution in [1.29, 1.82) is 5.26 Å². The number of nitrogen functional groups attached to an aromatic ring is 1. The molecule has 0 atom stereocenters. The number of nitrogens with two attached hydrogens (primary N) is 1. The molecule has 0 radical (unpaired) electrons. The van der Waals surface area contributed by atoms with E-state index >= 15 is 0 Å². The quantitative estimate of drug-likeness (QED) is 0.428. The highest BCUT2D eigenvalue weighted by Gasteiger charge is 2.49. The molecule has 0 saturated carbocycles. The van der Waals surface area contributed by atoms with Crippen molar-refractivity contribution in [3.63, 3.8) is 0 Å². The van der Waals surface area contributed by atoms with E-state index in [1.807, 2.05) is 35.2 Å². The summed E-state index contributed by atoms with van der Waals surface area (Å²) in [5.41, 5.74) is 11.0. The third-order valence-electron chi connectivity index (χ3n) is 8.11. The van der Waals surface area contributed by atoms with Gasteiger partial charge in [-0.05, 0) is 54.8 Å². The molecule has 7 nitrogen and oxygen atoms in total. The number of fused-ring (bicyclic) bond motifs is 2. The fraction of sp³-hybridized carbons (Fsp3) is 0.367. The van der Waals surface area contributed by atoms with E-state index in [1.165, 1.54) is 6.08 Å². The van der Waals surface area contributed by atoms with E-state index in [0.29, 0.717) is 24.3 Å². The Morgan fingerprint density at radius 1 is 1.24 bits per heavy atom. The smallest absolute Gasteiger partial charge is 0.245 e. The molecule has 1 spiro atoms. The van der Waals surface area contributed by atoms with Crippen LogP contribution in [-0.2, 0) is 22.6 Å². The molecule has 2 fully saturated rings. The summed E-state index contributed by atoms with van der Waals surface area (Å²) in [6.45, 7) is 11.2. The van der Waals surface area contributed by atoms with Gasteiger partial charge < -0.3 is 20.3 Å². The molecule has 2 aromatic carbocycles. The van der Waals surface area contributed by atoms with Crippen molar-refractivity contribution in [3.8, 4) is 17.2 Å². The first-order valence-corrected chi connectivity index (χ1v) is 12.8. The molecule has 3 aromatic rings. The molecular weight excluding hydrogens is 462 g/mol. The van der Waals surface area contributed by atoms with Gasteiger partial charge in [0, 0.05) is 54.8 Å². The van der Waals surface area contributed by atoms with Crippen molar-refractivity contribution in [2.24, 2.45) is 5.41 Å². The molecule has 7 heteroatoms. The largest absolute Gasteiger partial charge is 0.399 e. The van der Waals surface area contributed by atoms with Gasteiger partial charge in [-0.1, -0.05) is 30.8 Å². The number of carbonyl (C=O) groups excluding carboxylic acids is 1. The van der Waals surface area contributed by atoms with Gasteiger partial charge in [0.25, 0.3) is 0 Å². The molecule has 3 aliphatic heterocycles. The van der Waals surface area contributed by atoms with Crippen molar-refractivity contribution >= 4 is 28.2 Å². The van der Waals surface area contributed by atoms with Gasteiger partial charge in [0.05, 0.1) is 17.9 Å². The van der Waals surface area contributed by atoms with Crippen LogP contribution < -0.4 is 10.6 Å². The number of aromatic nitrogens is 1. The highest BCUT2D eigenvalue weighted by atomic mass is 16.5. The number of anilines is 2. The number of hydrogen-bond acceptors (Lipinski definition) is 6. The first-order valence-electron chi connectivity index (χ1n) is 12.8. The predicted molar refractivity (Wildman–Crippen MR) is 145 cm³/mol. The fourth-order valence-electron chi connectivity index (χ4n) is 6.28. The number of nitriles is 1. The van der Waals surface area contributed by atoms with Crippen molar-refractivity contribution < 1.29 is 9.53 Å². The maximum absolute atomic E-state index is 12.1. The van der Waals surface area contributed by atoms with Crippen molar-refractivity contribution in [1.82, 2.24) is 9.88 Å². The zero-order chi connectivity index (χ0) is 25.9. The lowest BCUT2D eigenvalue weighted by atomic mass is 9.79. The predicted octanol–water partition coefficient (Wildman–Crippen LogP) is 4.43. The van der Waals surface area contributed by atoms with E-state index in [-0.39, 0.29) is 16.9 Å². The zero-order valence-electron chi connectivity index (χ0n) is 21.4. The van der Waals surface area contributed by atoms with Crippen LogP contribution in [0.15, 0.2) is 49.1 Å².